The van der Waals surface area contributed by atoms with E-state index in [1.165, 1.54) is 43.3 Å². The maximum absolute atomic E-state index is 12.7. The van der Waals surface area contributed by atoms with Crippen LogP contribution in [0.4, 0.5) is 0 Å². The van der Waals surface area contributed by atoms with Gasteiger partial charge in [-0.05, 0) is 79.4 Å². The Morgan fingerprint density at radius 1 is 0.477 bits per heavy atom. The average molecular weight is 1510 g/mol. The lowest BCUT2D eigenvalue weighted by atomic mass is 9.93. The van der Waals surface area contributed by atoms with Gasteiger partial charge < -0.3 is 56.9 Å². The van der Waals surface area contributed by atoms with Crippen molar-refractivity contribution in [1.29, 1.82) is 0 Å². The van der Waals surface area contributed by atoms with E-state index in [1.807, 2.05) is 226 Å². The smallest absolute Gasteiger partial charge is 0.338 e. The lowest BCUT2D eigenvalue weighted by molar-refractivity contribution is -0.150. The van der Waals surface area contributed by atoms with E-state index in [9.17, 15) is 57.8 Å². The van der Waals surface area contributed by atoms with E-state index >= 15 is 0 Å². The highest BCUT2D eigenvalue weighted by molar-refractivity contribution is 8.01. The van der Waals surface area contributed by atoms with Crippen LogP contribution in [0.15, 0.2) is 251 Å². The summed E-state index contributed by atoms with van der Waals surface area (Å²) < 4.78 is 11.5. The Morgan fingerprint density at radius 3 is 1.14 bits per heavy atom. The molecule has 0 aliphatic carbocycles. The van der Waals surface area contributed by atoms with E-state index in [4.69, 9.17) is 24.5 Å². The van der Waals surface area contributed by atoms with E-state index in [2.05, 4.69) is 45.6 Å². The van der Waals surface area contributed by atoms with Crippen LogP contribution in [0.25, 0.3) is 0 Å². The maximum atomic E-state index is 12.7. The molecule has 8 atom stereocenters. The number of benzene rings is 8. The molecule has 5 heterocycles. The number of thioether (sulfide) groups is 2. The minimum absolute atomic E-state index is 0. The number of methoxy groups -OCH3 is 2. The number of carboxylic acids is 3. The summed E-state index contributed by atoms with van der Waals surface area (Å²) in [6.45, 7) is 7.14. The number of carbonyl (C=O) groups excluding carboxylic acids is 9. The first-order chi connectivity index (χ1) is 50.2. The van der Waals surface area contributed by atoms with Crippen LogP contribution >= 0.6 is 36.2 Å². The number of nitrogens with one attached hydrogen (secondary N) is 4. The molecule has 562 valence electrons. The summed E-state index contributed by atoms with van der Waals surface area (Å²) in [5.74, 6) is -6.38. The molecule has 8 aromatic carbocycles. The average Bonchev–Trinajstić information content (AvgIpc) is 1.62. The molecule has 107 heavy (non-hydrogen) atoms. The molecule has 0 aromatic heterocycles. The second-order valence-electron chi connectivity index (χ2n) is 23.9. The van der Waals surface area contributed by atoms with Crippen molar-refractivity contribution in [3.05, 3.63) is 281 Å². The first kappa shape index (κ1) is 88.0. The number of hydrogen-bond acceptors (Lipinski definition) is 19. The lowest BCUT2D eigenvalue weighted by Gasteiger charge is -2.31. The van der Waals surface area contributed by atoms with E-state index in [0.29, 0.717) is 0 Å². The zero-order chi connectivity index (χ0) is 76.6. The van der Waals surface area contributed by atoms with Crippen molar-refractivity contribution in [2.45, 2.75) is 109 Å². The van der Waals surface area contributed by atoms with Crippen molar-refractivity contribution >= 4 is 108 Å². The summed E-state index contributed by atoms with van der Waals surface area (Å²) in [4.78, 5) is 136. The van der Waals surface area contributed by atoms with E-state index in [1.54, 1.807) is 12.1 Å². The number of esters is 4. The third-order valence-corrected chi connectivity index (χ3v) is 19.2. The number of ether oxygens (including phenoxy) is 3. The highest BCUT2D eigenvalue weighted by Gasteiger charge is 2.56. The minimum atomic E-state index is -1.24. The molecular formula is C81H87N5O18S3. The third-order valence-electron chi connectivity index (χ3n) is 16.1. The Kier molecular flexibility index (Phi) is 35.9. The predicted molar refractivity (Wildman–Crippen MR) is 409 cm³/mol. The fourth-order valence-electron chi connectivity index (χ4n) is 11.0. The molecule has 5 aliphatic rings. The number of amides is 4. The van der Waals surface area contributed by atoms with Gasteiger partial charge in [0.1, 0.15) is 6.29 Å². The van der Waals surface area contributed by atoms with Gasteiger partial charge in [0.15, 0.2) is 9.49 Å². The highest BCUT2D eigenvalue weighted by atomic mass is 32.2. The Hall–Kier alpha value is -11.5. The van der Waals surface area contributed by atoms with Gasteiger partial charge in [0, 0.05) is 52.2 Å². The van der Waals surface area contributed by atoms with Gasteiger partial charge in [-0.3, -0.25) is 47.9 Å². The molecule has 5 unspecified atom stereocenters. The Morgan fingerprint density at radius 2 is 0.813 bits per heavy atom. The summed E-state index contributed by atoms with van der Waals surface area (Å²) in [7, 11) is 2.71. The number of carbonyl (C=O) groups is 12. The van der Waals surface area contributed by atoms with Crippen LogP contribution < -0.4 is 27.4 Å². The molecule has 8 aromatic rings. The zero-order valence-corrected chi connectivity index (χ0v) is 61.4. The van der Waals surface area contributed by atoms with Gasteiger partial charge in [0.25, 0.3) is 5.97 Å². The molecule has 0 saturated carbocycles. The largest absolute Gasteiger partial charge is 0.481 e. The molecule has 23 nitrogen and oxygen atoms in total. The van der Waals surface area contributed by atoms with Crippen LogP contribution in [-0.2, 0) is 67.0 Å². The first-order valence-corrected chi connectivity index (χ1v) is 34.7. The molecule has 4 fully saturated rings. The van der Waals surface area contributed by atoms with Gasteiger partial charge in [0.05, 0.1) is 63.1 Å². The molecule has 4 amide bonds. The van der Waals surface area contributed by atoms with Crippen LogP contribution in [0.3, 0.4) is 0 Å². The number of cyclic esters (lactones) is 2. The summed E-state index contributed by atoms with van der Waals surface area (Å²) in [5, 5.41) is 37.6. The zero-order valence-electron chi connectivity index (χ0n) is 58.8. The predicted octanol–water partition coefficient (Wildman–Crippen LogP) is 12.7. The van der Waals surface area contributed by atoms with Crippen LogP contribution in [0.2, 0.25) is 0 Å². The molecule has 0 spiro atoms. The number of hydrogen-bond donors (Lipinski definition) is 9. The van der Waals surface area contributed by atoms with Crippen molar-refractivity contribution in [1.82, 2.24) is 27.4 Å². The first-order valence-electron chi connectivity index (χ1n) is 32.6. The van der Waals surface area contributed by atoms with Gasteiger partial charge in [-0.2, -0.15) is 0 Å². The Labute approximate surface area is 635 Å². The molecule has 26 heteroatoms. The molecule has 5 aliphatic heterocycles. The van der Waals surface area contributed by atoms with E-state index in [-0.39, 0.29) is 80.9 Å². The van der Waals surface area contributed by atoms with Crippen LogP contribution in [-0.4, -0.2) is 111 Å². The SMILES string of the molecule is C.CC(=O)O.COC(=O)C1CC(=O)NC1c1ccccc1.COC(=O)[C@@]1(Sc2ccc(C)cc2)CC(=O)NC1c1ccccc1.Cc1ccc(S)cc1.Cc1ccc(S[C@]2(C(=O)O)CC(=O)NC2c2ccccc2)cc1.N.O=C1C=CC(=O)O1.O=C1C[C@H](C(=O)O)C(c2ccccc2)N1.O=Cc1ccccc1. The monoisotopic (exact) mass is 1510 g/mol. The summed E-state index contributed by atoms with van der Waals surface area (Å²) in [5.41, 5.74) is 7.74. The van der Waals surface area contributed by atoms with Gasteiger partial charge >= 0.3 is 35.8 Å². The van der Waals surface area contributed by atoms with Crippen LogP contribution in [0, 0.1) is 32.6 Å². The summed E-state index contributed by atoms with van der Waals surface area (Å²) in [6, 6.07) is 68.6. The van der Waals surface area contributed by atoms with Crippen molar-refractivity contribution in [3.8, 4) is 0 Å². The highest BCUT2D eigenvalue weighted by Crippen LogP contribution is 2.50. The molecule has 13 rings (SSSR count). The number of aryl methyl sites for hydroxylation is 3. The van der Waals surface area contributed by atoms with Gasteiger partial charge in [-0.25, -0.2) is 9.59 Å². The van der Waals surface area contributed by atoms with Gasteiger partial charge in [0.2, 0.25) is 23.6 Å². The maximum Gasteiger partial charge on any atom is 0.338 e. The number of carboxylic acid groups (broad SMARTS) is 3. The number of aldehydes is 1. The minimum Gasteiger partial charge on any atom is -0.481 e. The Bertz CT molecular complexity index is 4260. The molecule has 10 N–H and O–H groups in total. The molecule has 0 radical (unpaired) electrons. The standard InChI is InChI=1S/C19H19NO3S.C18H17NO3S.C12H13NO3.C11H11NO3.C7H6O.C7H8S.C4H2O3.C2H4O2.CH4.H3N/c1-13-8-10-15(11-9-13)24-19(18(22)23-2)12-16(21)20-17(19)14-6-4-3-5-7-14;1-12-7-9-14(10-8-12)23-18(17(21)22)11-15(20)19-16(18)13-5-3-2-4-6-13;1-16-12(15)9-7-10(14)13-11(9)8-5-3-2-4-6-8;13-9-6-8(11(14)15)10(12-9)7-4-2-1-3-5-7;8-6-7-4-2-1-3-5-7;1-6-2-4-7(8)5-3-6;5-3-1-2-4(6)7-3;1-2(3)4;;/h3-11,17H,12H2,1-2H3,(H,20,21);2-10,16H,11H2,1H3,(H,19,20)(H,21,22);2-6,9,11H,7H2,1H3,(H,13,14);1-5,8,10H,6H2,(H,12,13)(H,14,15);1-6H;2-5,8H,1H3;1-2H;1H3,(H,3,4);1H4;1H3/t17?,19-;16?,18-;;8-,10?;;;;;;/m11.0....../s1. The quantitative estimate of drug-likeness (QED) is 0.0170. The van der Waals surface area contributed by atoms with Gasteiger partial charge in [-0.1, -0.05) is 212 Å². The number of rotatable bonds is 13. The summed E-state index contributed by atoms with van der Waals surface area (Å²) >= 11 is 6.76. The lowest BCUT2D eigenvalue weighted by Crippen LogP contribution is -2.41. The van der Waals surface area contributed by atoms with Crippen molar-refractivity contribution in [2.75, 3.05) is 14.2 Å². The number of thiol groups is 1. The fraction of sp³-hybridized carbons (Fsp3) is 0.235. The topological polar surface area (TPSA) is 376 Å². The third kappa shape index (κ3) is 26.9. The summed E-state index contributed by atoms with van der Waals surface area (Å²) in [6.07, 6.45) is 3.32. The van der Waals surface area contributed by atoms with E-state index < -0.39 is 69.3 Å². The second-order valence-corrected chi connectivity index (χ2v) is 27.3. The van der Waals surface area contributed by atoms with Crippen LogP contribution in [0.1, 0.15) is 114 Å². The molecular weight excluding hydrogens is 1430 g/mol. The normalized spacial score (nSPS) is 20.0. The molecule has 4 saturated heterocycles. The van der Waals surface area contributed by atoms with Crippen molar-refractivity contribution in [3.63, 3.8) is 0 Å². The molecule has 0 bridgehead atoms. The van der Waals surface area contributed by atoms with Crippen molar-refractivity contribution < 1.29 is 87.1 Å². The fourth-order valence-corrected chi connectivity index (χ4v) is 13.9. The second kappa shape index (κ2) is 43.7. The van der Waals surface area contributed by atoms with Crippen LogP contribution in [0.5, 0.6) is 0 Å². The number of aliphatic carboxylic acids is 3. The van der Waals surface area contributed by atoms with Crippen molar-refractivity contribution in [2.24, 2.45) is 11.8 Å². The van der Waals surface area contributed by atoms with E-state index in [0.717, 1.165) is 79.0 Å². The Balaban J connectivity index is 0.000000271. The van der Waals surface area contributed by atoms with Gasteiger partial charge in [-0.15, -0.1) is 36.2 Å².